The molecule has 4 nitrogen and oxygen atoms in total. The summed E-state index contributed by atoms with van der Waals surface area (Å²) in [5, 5.41) is 0. The van der Waals surface area contributed by atoms with Gasteiger partial charge in [0.25, 0.3) is 0 Å². The molecule has 0 heterocycles. The first kappa shape index (κ1) is 16.9. The third-order valence-corrected chi connectivity index (χ3v) is 5.55. The summed E-state index contributed by atoms with van der Waals surface area (Å²) in [7, 11) is -3.48. The average molecular weight is 370 g/mol. The van der Waals surface area contributed by atoms with Crippen LogP contribution in [0.3, 0.4) is 0 Å². The molecule has 2 rings (SSSR count). The average Bonchev–Trinajstić information content (AvgIpc) is 3.13. The molecule has 19 heavy (non-hydrogen) atoms. The highest BCUT2D eigenvalue weighted by molar-refractivity contribution is 9.10. The highest BCUT2D eigenvalue weighted by atomic mass is 79.9. The third kappa shape index (κ3) is 4.16. The van der Waals surface area contributed by atoms with E-state index in [4.69, 9.17) is 5.73 Å². The van der Waals surface area contributed by atoms with E-state index in [1.807, 2.05) is 6.92 Å². The lowest BCUT2D eigenvalue weighted by Gasteiger charge is -2.16. The van der Waals surface area contributed by atoms with Crippen molar-refractivity contribution in [1.29, 1.82) is 0 Å². The van der Waals surface area contributed by atoms with Gasteiger partial charge in [0.2, 0.25) is 10.0 Å². The maximum Gasteiger partial charge on any atom is 0.240 e. The zero-order valence-electron chi connectivity index (χ0n) is 10.6. The van der Waals surface area contributed by atoms with Crippen LogP contribution < -0.4 is 10.5 Å². The summed E-state index contributed by atoms with van der Waals surface area (Å²) < 4.78 is 27.9. The van der Waals surface area contributed by atoms with Crippen molar-refractivity contribution in [3.63, 3.8) is 0 Å². The molecule has 1 saturated carbocycles. The molecule has 3 N–H and O–H groups in total. The predicted molar refractivity (Wildman–Crippen MR) is 82.0 cm³/mol. The van der Waals surface area contributed by atoms with Crippen molar-refractivity contribution in [2.24, 2.45) is 11.7 Å². The van der Waals surface area contributed by atoms with Gasteiger partial charge >= 0.3 is 0 Å². The van der Waals surface area contributed by atoms with Crippen molar-refractivity contribution in [2.45, 2.75) is 30.7 Å². The van der Waals surface area contributed by atoms with Gasteiger partial charge in [0.05, 0.1) is 4.90 Å². The lowest BCUT2D eigenvalue weighted by molar-refractivity contribution is 0.519. The highest BCUT2D eigenvalue weighted by Gasteiger charge is 2.33. The minimum atomic E-state index is -3.48. The molecule has 0 spiro atoms. The smallest absolute Gasteiger partial charge is 0.240 e. The molecule has 0 bridgehead atoms. The zero-order valence-corrected chi connectivity index (χ0v) is 13.8. The van der Waals surface area contributed by atoms with Gasteiger partial charge < -0.3 is 5.73 Å². The molecule has 1 aliphatic carbocycles. The van der Waals surface area contributed by atoms with E-state index in [1.165, 1.54) is 0 Å². The number of sulfonamides is 1. The molecule has 1 aromatic rings. The molecule has 1 unspecified atom stereocenters. The van der Waals surface area contributed by atoms with Crippen molar-refractivity contribution in [2.75, 3.05) is 6.54 Å². The molecule has 0 amide bonds. The van der Waals surface area contributed by atoms with Crippen LogP contribution in [-0.2, 0) is 10.0 Å². The van der Waals surface area contributed by atoms with Gasteiger partial charge in [-0.25, -0.2) is 13.1 Å². The van der Waals surface area contributed by atoms with Crippen LogP contribution in [0.15, 0.2) is 27.6 Å². The summed E-state index contributed by atoms with van der Waals surface area (Å²) in [6.07, 6.45) is 2.12. The molecule has 0 aliphatic heterocycles. The Balaban J connectivity index is 0.00000180. The molecule has 1 aromatic carbocycles. The van der Waals surface area contributed by atoms with Gasteiger partial charge in [0.1, 0.15) is 0 Å². The van der Waals surface area contributed by atoms with Crippen molar-refractivity contribution in [1.82, 2.24) is 4.72 Å². The second kappa shape index (κ2) is 6.54. The van der Waals surface area contributed by atoms with Gasteiger partial charge in [0, 0.05) is 17.1 Å². The largest absolute Gasteiger partial charge is 0.329 e. The fraction of sp³-hybridized carbons (Fsp3) is 0.500. The summed E-state index contributed by atoms with van der Waals surface area (Å²) >= 11 is 3.35. The van der Waals surface area contributed by atoms with E-state index in [0.717, 1.165) is 22.9 Å². The topological polar surface area (TPSA) is 72.2 Å². The number of halogens is 2. The Labute approximate surface area is 128 Å². The summed E-state index contributed by atoms with van der Waals surface area (Å²) in [4.78, 5) is 0.277. The monoisotopic (exact) mass is 368 g/mol. The van der Waals surface area contributed by atoms with Gasteiger partial charge in [-0.15, -0.1) is 12.4 Å². The zero-order chi connectivity index (χ0) is 13.3. The van der Waals surface area contributed by atoms with E-state index < -0.39 is 10.0 Å². The minimum Gasteiger partial charge on any atom is -0.329 e. The van der Waals surface area contributed by atoms with Crippen LogP contribution in [0, 0.1) is 12.8 Å². The lowest BCUT2D eigenvalue weighted by atomic mass is 10.2. The van der Waals surface area contributed by atoms with Gasteiger partial charge in [0.15, 0.2) is 0 Å². The van der Waals surface area contributed by atoms with E-state index in [1.54, 1.807) is 18.2 Å². The Morgan fingerprint density at radius 3 is 2.58 bits per heavy atom. The van der Waals surface area contributed by atoms with Crippen LogP contribution in [0.5, 0.6) is 0 Å². The molecule has 1 fully saturated rings. The normalized spacial score (nSPS) is 16.8. The van der Waals surface area contributed by atoms with Crippen LogP contribution in [0.4, 0.5) is 0 Å². The Bertz CT molecular complexity index is 547. The summed E-state index contributed by atoms with van der Waals surface area (Å²) in [6, 6.07) is 4.88. The fourth-order valence-corrected chi connectivity index (χ4v) is 3.72. The van der Waals surface area contributed by atoms with E-state index in [-0.39, 0.29) is 23.3 Å². The summed E-state index contributed by atoms with van der Waals surface area (Å²) in [5.74, 6) is 0.402. The van der Waals surface area contributed by atoms with Crippen LogP contribution in [0.1, 0.15) is 18.4 Å². The quantitative estimate of drug-likeness (QED) is 0.835. The molecule has 0 aromatic heterocycles. The van der Waals surface area contributed by atoms with Crippen LogP contribution in [0.25, 0.3) is 0 Å². The number of nitrogens with one attached hydrogen (secondary N) is 1. The van der Waals surface area contributed by atoms with E-state index in [9.17, 15) is 8.42 Å². The van der Waals surface area contributed by atoms with Gasteiger partial charge in [-0.3, -0.25) is 0 Å². The predicted octanol–water partition coefficient (Wildman–Crippen LogP) is 2.19. The summed E-state index contributed by atoms with van der Waals surface area (Å²) in [5.41, 5.74) is 6.62. The number of rotatable bonds is 5. The van der Waals surface area contributed by atoms with Crippen LogP contribution in [0.2, 0.25) is 0 Å². The van der Waals surface area contributed by atoms with Gasteiger partial charge in [-0.1, -0.05) is 22.0 Å². The molecule has 1 atom stereocenters. The van der Waals surface area contributed by atoms with Crippen molar-refractivity contribution in [3.8, 4) is 0 Å². The number of hydrogen-bond donors (Lipinski definition) is 2. The Morgan fingerprint density at radius 1 is 1.47 bits per heavy atom. The lowest BCUT2D eigenvalue weighted by Crippen LogP contribution is -2.41. The number of benzene rings is 1. The first-order chi connectivity index (χ1) is 8.44. The second-order valence-corrected chi connectivity index (χ2v) is 7.28. The third-order valence-electron chi connectivity index (χ3n) is 3.21. The van der Waals surface area contributed by atoms with Crippen molar-refractivity contribution in [3.05, 3.63) is 28.2 Å². The van der Waals surface area contributed by atoms with E-state index in [2.05, 4.69) is 20.7 Å². The number of aryl methyl sites for hydroxylation is 1. The maximum atomic E-state index is 12.2. The maximum absolute atomic E-state index is 12.2. The van der Waals surface area contributed by atoms with E-state index >= 15 is 0 Å². The molecule has 7 heteroatoms. The number of nitrogens with two attached hydrogens (primary N) is 1. The Hall–Kier alpha value is -0.140. The second-order valence-electron chi connectivity index (χ2n) is 4.71. The first-order valence-corrected chi connectivity index (χ1v) is 8.20. The standard InChI is InChI=1S/C12H17BrN2O2S.ClH/c1-8-2-5-10(6-11(8)13)18(16,17)15-12(7-14)9-3-4-9;/h2,5-6,9,12,15H,3-4,7,14H2,1H3;1H. The first-order valence-electron chi connectivity index (χ1n) is 5.92. The molecule has 108 valence electrons. The van der Waals surface area contributed by atoms with Gasteiger partial charge in [-0.2, -0.15) is 0 Å². The molecule has 0 radical (unpaired) electrons. The van der Waals surface area contributed by atoms with E-state index in [0.29, 0.717) is 12.5 Å². The van der Waals surface area contributed by atoms with Crippen LogP contribution >= 0.6 is 28.3 Å². The molecular formula is C12H18BrClN2O2S. The van der Waals surface area contributed by atoms with Crippen molar-refractivity contribution >= 4 is 38.4 Å². The highest BCUT2D eigenvalue weighted by Crippen LogP contribution is 2.33. The number of hydrogen-bond acceptors (Lipinski definition) is 3. The molecule has 0 saturated heterocycles. The van der Waals surface area contributed by atoms with Crippen LogP contribution in [-0.4, -0.2) is 21.0 Å². The Kier molecular flexibility index (Phi) is 5.82. The van der Waals surface area contributed by atoms with Gasteiger partial charge in [-0.05, 0) is 43.4 Å². The molecule has 1 aliphatic rings. The summed E-state index contributed by atoms with van der Waals surface area (Å²) in [6.45, 7) is 2.26. The van der Waals surface area contributed by atoms with Crippen molar-refractivity contribution < 1.29 is 8.42 Å². The SMILES string of the molecule is Cc1ccc(S(=O)(=O)NC(CN)C2CC2)cc1Br.Cl. The fourth-order valence-electron chi connectivity index (χ4n) is 1.84. The Morgan fingerprint density at radius 2 is 2.11 bits per heavy atom. The molecular weight excluding hydrogens is 352 g/mol. The minimum absolute atomic E-state index is 0.